The van der Waals surface area contributed by atoms with Crippen LogP contribution in [0.3, 0.4) is 0 Å². The number of piperidine rings is 1. The summed E-state index contributed by atoms with van der Waals surface area (Å²) in [4.78, 5) is 31.1. The number of likely N-dealkylation sites (tertiary alicyclic amines) is 1. The van der Waals surface area contributed by atoms with E-state index in [0.29, 0.717) is 16.8 Å². The molecule has 2 amide bonds. The van der Waals surface area contributed by atoms with Crippen LogP contribution >= 0.6 is 0 Å². The van der Waals surface area contributed by atoms with Crippen molar-refractivity contribution in [1.29, 1.82) is 0 Å². The number of amides is 2. The Morgan fingerprint density at radius 2 is 1.61 bits per heavy atom. The summed E-state index contributed by atoms with van der Waals surface area (Å²) < 4.78 is 0. The molecule has 2 heterocycles. The molecule has 38 heavy (non-hydrogen) atoms. The number of carbonyl (C=O) groups is 2. The van der Waals surface area contributed by atoms with Crippen molar-refractivity contribution in [3.63, 3.8) is 0 Å². The van der Waals surface area contributed by atoms with Gasteiger partial charge in [0.05, 0.1) is 5.56 Å². The first-order chi connectivity index (χ1) is 18.6. The zero-order chi connectivity index (χ0) is 26.3. The maximum absolute atomic E-state index is 13.7. The Morgan fingerprint density at radius 1 is 0.842 bits per heavy atom. The van der Waals surface area contributed by atoms with Gasteiger partial charge in [-0.05, 0) is 85.5 Å². The Morgan fingerprint density at radius 3 is 2.37 bits per heavy atom. The Hall–Kier alpha value is -3.60. The van der Waals surface area contributed by atoms with Gasteiger partial charge in [-0.1, -0.05) is 56.2 Å². The lowest BCUT2D eigenvalue weighted by Crippen LogP contribution is -2.38. The lowest BCUT2D eigenvalue weighted by atomic mass is 9.98. The van der Waals surface area contributed by atoms with E-state index in [9.17, 15) is 9.59 Å². The topological polar surface area (TPSA) is 52.7 Å². The second-order valence-corrected chi connectivity index (χ2v) is 10.6. The van der Waals surface area contributed by atoms with Gasteiger partial charge in [-0.25, -0.2) is 0 Å². The molecule has 0 unspecified atom stereocenters. The number of hydrogen-bond donors (Lipinski definition) is 1. The molecule has 5 rings (SSSR count). The van der Waals surface area contributed by atoms with Gasteiger partial charge < -0.3 is 15.1 Å². The summed E-state index contributed by atoms with van der Waals surface area (Å²) in [6.45, 7) is 5.45. The smallest absolute Gasteiger partial charge is 0.256 e. The second kappa shape index (κ2) is 12.3. The third kappa shape index (κ3) is 6.09. The summed E-state index contributed by atoms with van der Waals surface area (Å²) in [5.41, 5.74) is 6.86. The molecule has 0 atom stereocenters. The van der Waals surface area contributed by atoms with Gasteiger partial charge in [-0.15, -0.1) is 0 Å². The molecule has 5 nitrogen and oxygen atoms in total. The molecule has 1 N–H and O–H groups in total. The standard InChI is InChI=1S/C33H39N3O2/c1-2-3-5-10-25-13-15-27(16-14-25)32(37)34-29-17-18-31(30(23-29)33(38)35-20-8-4-9-21-35)36-22-19-26-11-6-7-12-28(26)24-36/h6-7,11-18,23H,2-5,8-10,19-22,24H2,1H3,(H,34,37). The highest BCUT2D eigenvalue weighted by Gasteiger charge is 2.26. The summed E-state index contributed by atoms with van der Waals surface area (Å²) in [5.74, 6) is -0.0905. The van der Waals surface area contributed by atoms with Gasteiger partial charge in [0.1, 0.15) is 0 Å². The Labute approximate surface area is 226 Å². The van der Waals surface area contributed by atoms with Crippen molar-refractivity contribution in [2.45, 2.75) is 64.8 Å². The molecule has 0 aliphatic carbocycles. The molecule has 0 aromatic heterocycles. The summed E-state index contributed by atoms with van der Waals surface area (Å²) in [6, 6.07) is 22.3. The van der Waals surface area contributed by atoms with Crippen LogP contribution in [0.25, 0.3) is 0 Å². The summed E-state index contributed by atoms with van der Waals surface area (Å²) in [6.07, 6.45) is 8.86. The molecule has 0 bridgehead atoms. The Bertz CT molecular complexity index is 1260. The molecule has 1 fully saturated rings. The van der Waals surface area contributed by atoms with Crippen molar-refractivity contribution in [2.75, 3.05) is 29.9 Å². The zero-order valence-electron chi connectivity index (χ0n) is 22.5. The molecule has 3 aromatic rings. The van der Waals surface area contributed by atoms with Gasteiger partial charge in [0, 0.05) is 43.1 Å². The van der Waals surface area contributed by atoms with Gasteiger partial charge in [0.2, 0.25) is 0 Å². The molecule has 5 heteroatoms. The molecule has 2 aliphatic rings. The molecular weight excluding hydrogens is 470 g/mol. The van der Waals surface area contributed by atoms with E-state index >= 15 is 0 Å². The van der Waals surface area contributed by atoms with Crippen LogP contribution in [0.4, 0.5) is 11.4 Å². The number of nitrogens with one attached hydrogen (secondary N) is 1. The molecule has 0 saturated carbocycles. The van der Waals surface area contributed by atoms with Crippen molar-refractivity contribution < 1.29 is 9.59 Å². The van der Waals surface area contributed by atoms with Crippen molar-refractivity contribution in [3.05, 3.63) is 94.5 Å². The van der Waals surface area contributed by atoms with Crippen LogP contribution in [0.5, 0.6) is 0 Å². The van der Waals surface area contributed by atoms with Gasteiger partial charge in [0.15, 0.2) is 0 Å². The van der Waals surface area contributed by atoms with E-state index < -0.39 is 0 Å². The Kier molecular flexibility index (Phi) is 8.42. The van der Waals surface area contributed by atoms with Crippen molar-refractivity contribution in [2.24, 2.45) is 0 Å². The summed E-state index contributed by atoms with van der Waals surface area (Å²) in [5, 5.41) is 3.05. The molecule has 1 saturated heterocycles. The third-order valence-corrected chi connectivity index (χ3v) is 7.88. The summed E-state index contributed by atoms with van der Waals surface area (Å²) in [7, 11) is 0. The fourth-order valence-corrected chi connectivity index (χ4v) is 5.63. The number of hydrogen-bond acceptors (Lipinski definition) is 3. The SMILES string of the molecule is CCCCCc1ccc(C(=O)Nc2ccc(N3CCc4ccccc4C3)c(C(=O)N3CCCCC3)c2)cc1. The minimum Gasteiger partial charge on any atom is -0.366 e. The van der Waals surface area contributed by atoms with Crippen LogP contribution in [0.15, 0.2) is 66.7 Å². The summed E-state index contributed by atoms with van der Waals surface area (Å²) >= 11 is 0. The first kappa shape index (κ1) is 26.0. The Balaban J connectivity index is 1.37. The number of fused-ring (bicyclic) bond motifs is 1. The number of anilines is 2. The number of nitrogens with zero attached hydrogens (tertiary/aromatic N) is 2. The van der Waals surface area contributed by atoms with E-state index in [-0.39, 0.29) is 11.8 Å². The van der Waals surface area contributed by atoms with Gasteiger partial charge in [0.25, 0.3) is 11.8 Å². The average molecular weight is 510 g/mol. The molecule has 0 spiro atoms. The van der Waals surface area contributed by atoms with E-state index in [0.717, 1.165) is 57.5 Å². The van der Waals surface area contributed by atoms with Crippen molar-refractivity contribution in [3.8, 4) is 0 Å². The molecule has 3 aromatic carbocycles. The number of unbranched alkanes of at least 4 members (excludes halogenated alkanes) is 2. The van der Waals surface area contributed by atoms with Crippen LogP contribution < -0.4 is 10.2 Å². The lowest BCUT2D eigenvalue weighted by Gasteiger charge is -2.34. The highest BCUT2D eigenvalue weighted by Crippen LogP contribution is 2.31. The normalized spacial score (nSPS) is 15.2. The van der Waals surface area contributed by atoms with Gasteiger partial charge >= 0.3 is 0 Å². The first-order valence-corrected chi connectivity index (χ1v) is 14.3. The van der Waals surface area contributed by atoms with E-state index in [4.69, 9.17) is 0 Å². The van der Waals surface area contributed by atoms with Gasteiger partial charge in [-0.2, -0.15) is 0 Å². The minimum atomic E-state index is -0.152. The molecular formula is C33H39N3O2. The average Bonchev–Trinajstić information content (AvgIpc) is 2.97. The maximum atomic E-state index is 13.7. The highest BCUT2D eigenvalue weighted by molar-refractivity contribution is 6.06. The first-order valence-electron chi connectivity index (χ1n) is 14.3. The van der Waals surface area contributed by atoms with Crippen LogP contribution in [0, 0.1) is 0 Å². The molecule has 198 valence electrons. The van der Waals surface area contributed by atoms with E-state index in [1.807, 2.05) is 47.4 Å². The number of benzene rings is 3. The fourth-order valence-electron chi connectivity index (χ4n) is 5.63. The monoisotopic (exact) mass is 509 g/mol. The van der Waals surface area contributed by atoms with Crippen LogP contribution in [-0.2, 0) is 19.4 Å². The van der Waals surface area contributed by atoms with E-state index in [2.05, 4.69) is 41.4 Å². The van der Waals surface area contributed by atoms with Crippen molar-refractivity contribution in [1.82, 2.24) is 4.90 Å². The van der Waals surface area contributed by atoms with Crippen molar-refractivity contribution >= 4 is 23.2 Å². The van der Waals surface area contributed by atoms with Crippen LogP contribution in [0.1, 0.15) is 82.9 Å². The quantitative estimate of drug-likeness (QED) is 0.338. The lowest BCUT2D eigenvalue weighted by molar-refractivity contribution is 0.0724. The highest BCUT2D eigenvalue weighted by atomic mass is 16.2. The van der Waals surface area contributed by atoms with Crippen LogP contribution in [-0.4, -0.2) is 36.3 Å². The number of rotatable bonds is 8. The zero-order valence-corrected chi connectivity index (χ0v) is 22.5. The van der Waals surface area contributed by atoms with Gasteiger partial charge in [-0.3, -0.25) is 9.59 Å². The third-order valence-electron chi connectivity index (χ3n) is 7.88. The van der Waals surface area contributed by atoms with E-state index in [1.54, 1.807) is 0 Å². The molecule has 2 aliphatic heterocycles. The van der Waals surface area contributed by atoms with E-state index in [1.165, 1.54) is 42.4 Å². The number of carbonyl (C=O) groups excluding carboxylic acids is 2. The van der Waals surface area contributed by atoms with Crippen LogP contribution in [0.2, 0.25) is 0 Å². The second-order valence-electron chi connectivity index (χ2n) is 10.6. The fraction of sp³-hybridized carbons (Fsp3) is 0.394. The predicted octanol–water partition coefficient (Wildman–Crippen LogP) is 6.86. The number of aryl methyl sites for hydroxylation is 1. The largest absolute Gasteiger partial charge is 0.366 e. The molecule has 0 radical (unpaired) electrons. The predicted molar refractivity (Wildman–Crippen MR) is 155 cm³/mol. The maximum Gasteiger partial charge on any atom is 0.256 e. The minimum absolute atomic E-state index is 0.0612.